The highest BCUT2D eigenvalue weighted by Crippen LogP contribution is 2.47. The Morgan fingerprint density at radius 2 is 1.91 bits per heavy atom. The summed E-state index contributed by atoms with van der Waals surface area (Å²) in [6, 6.07) is 5.06. The van der Waals surface area contributed by atoms with Gasteiger partial charge in [-0.2, -0.15) is 0 Å². The Bertz CT molecular complexity index is 2020. The molecular formula is C37H46ClN7O8. The molecule has 1 aromatic carbocycles. The molecule has 2 aromatic heterocycles. The van der Waals surface area contributed by atoms with Crippen LogP contribution in [0.15, 0.2) is 34.1 Å². The number of cyclic esters (lactones) is 1. The summed E-state index contributed by atoms with van der Waals surface area (Å²) in [5, 5.41) is 13.1. The normalized spacial score (nSPS) is 17.6. The van der Waals surface area contributed by atoms with E-state index in [0.29, 0.717) is 42.7 Å². The van der Waals surface area contributed by atoms with Gasteiger partial charge in [-0.3, -0.25) is 14.4 Å². The number of amides is 1. The Labute approximate surface area is 312 Å². The zero-order chi connectivity index (χ0) is 37.2. The summed E-state index contributed by atoms with van der Waals surface area (Å²) < 4.78 is 13.0. The van der Waals surface area contributed by atoms with Gasteiger partial charge in [0.15, 0.2) is 0 Å². The van der Waals surface area contributed by atoms with Crippen LogP contribution in [-0.2, 0) is 47.4 Å². The molecule has 0 spiro atoms. The van der Waals surface area contributed by atoms with Crippen molar-refractivity contribution in [2.45, 2.75) is 102 Å². The van der Waals surface area contributed by atoms with Crippen molar-refractivity contribution in [3.63, 3.8) is 0 Å². The molecule has 284 valence electrons. The number of nitrogens with one attached hydrogen (secondary N) is 1. The highest BCUT2D eigenvalue weighted by Gasteiger charge is 2.50. The number of carbonyl (C=O) groups excluding carboxylic acids is 3. The quantitative estimate of drug-likeness (QED) is 0.0954. The van der Waals surface area contributed by atoms with Gasteiger partial charge in [-0.25, -0.2) is 19.6 Å². The van der Waals surface area contributed by atoms with E-state index < -0.39 is 47.9 Å². The Morgan fingerprint density at radius 1 is 1.11 bits per heavy atom. The number of halogens is 1. The Kier molecular flexibility index (Phi) is 12.2. The molecule has 6 rings (SSSR count). The first-order valence-corrected chi connectivity index (χ1v) is 18.0. The van der Waals surface area contributed by atoms with E-state index in [1.807, 2.05) is 24.5 Å². The van der Waals surface area contributed by atoms with Crippen LogP contribution in [0.4, 0.5) is 11.4 Å². The van der Waals surface area contributed by atoms with Crippen LogP contribution < -0.4 is 27.2 Å². The molecule has 3 aromatic rings. The van der Waals surface area contributed by atoms with Crippen LogP contribution in [0, 0.1) is 0 Å². The first-order valence-electron chi connectivity index (χ1n) is 18.0. The SMILES string of the molecule is CCCCCN1C=Nc2cccc3nc4c(c1c23)Cn1c-4cc2c(c1=O)COC(=O)[C@@]2(CC)OC(=O)CC[C@H](NC(=O)[C@@H](N)CCCCN)C(=O)O.Cl. The number of carbonyl (C=O) groups is 4. The molecule has 0 unspecified atom stereocenters. The number of carboxylic acids is 1. The van der Waals surface area contributed by atoms with E-state index in [9.17, 15) is 29.1 Å². The summed E-state index contributed by atoms with van der Waals surface area (Å²) in [4.78, 5) is 77.5. The summed E-state index contributed by atoms with van der Waals surface area (Å²) in [5.74, 6) is -3.75. The third-order valence-corrected chi connectivity index (χ3v) is 10.1. The number of aliphatic carboxylic acids is 1. The van der Waals surface area contributed by atoms with E-state index in [2.05, 4.69) is 17.1 Å². The minimum atomic E-state index is -1.97. The number of aromatic nitrogens is 2. The second-order valence-corrected chi connectivity index (χ2v) is 13.5. The van der Waals surface area contributed by atoms with E-state index in [0.717, 1.165) is 48.1 Å². The number of rotatable bonds is 16. The van der Waals surface area contributed by atoms with Gasteiger partial charge in [-0.05, 0) is 56.8 Å². The molecule has 0 saturated carbocycles. The molecule has 0 fully saturated rings. The third-order valence-electron chi connectivity index (χ3n) is 10.1. The molecule has 15 nitrogen and oxygen atoms in total. The Balaban J connectivity index is 0.00000541. The fourth-order valence-corrected chi connectivity index (χ4v) is 7.24. The van der Waals surface area contributed by atoms with E-state index in [1.54, 1.807) is 17.6 Å². The number of hydrogen-bond donors (Lipinski definition) is 4. The predicted octanol–water partition coefficient (Wildman–Crippen LogP) is 3.53. The zero-order valence-electron chi connectivity index (χ0n) is 29.9. The highest BCUT2D eigenvalue weighted by atomic mass is 35.5. The molecular weight excluding hydrogens is 706 g/mol. The lowest BCUT2D eigenvalue weighted by atomic mass is 9.85. The number of nitrogens with zero attached hydrogens (tertiary/aromatic N) is 4. The van der Waals surface area contributed by atoms with Gasteiger partial charge in [0, 0.05) is 24.1 Å². The lowest BCUT2D eigenvalue weighted by Gasteiger charge is -2.35. The standard InChI is InChI=1S/C37H45N7O8.ClH/c1-3-5-8-16-43-20-40-25-11-9-12-26-30(25)32(43)21-18-44-28(31(21)41-26)17-23-22(34(44)47)19-51-36(50)37(23,4-2)52-29(45)14-13-27(35(48)49)42-33(46)24(39)10-6-7-15-38;/h9,11-12,17,20,24,27H,3-8,10,13-16,18-19,38-39H2,1-2H3,(H,42,46)(H,48,49);1H/t24-,27-,37-;/m0./s1. The van der Waals surface area contributed by atoms with Crippen LogP contribution >= 0.6 is 12.4 Å². The number of benzene rings is 1. The van der Waals surface area contributed by atoms with Gasteiger partial charge < -0.3 is 40.8 Å². The first kappa shape index (κ1) is 39.3. The predicted molar refractivity (Wildman–Crippen MR) is 200 cm³/mol. The van der Waals surface area contributed by atoms with Gasteiger partial charge in [0.05, 0.1) is 58.2 Å². The number of carboxylic acid groups (broad SMARTS) is 1. The summed E-state index contributed by atoms with van der Waals surface area (Å²) in [7, 11) is 0. The average molecular weight is 752 g/mol. The number of ether oxygens (including phenoxy) is 2. The lowest BCUT2D eigenvalue weighted by Crippen LogP contribution is -2.49. The molecule has 53 heavy (non-hydrogen) atoms. The van der Waals surface area contributed by atoms with Gasteiger partial charge in [-0.1, -0.05) is 39.2 Å². The third kappa shape index (κ3) is 7.37. The molecule has 1 amide bonds. The average Bonchev–Trinajstić information content (AvgIpc) is 3.50. The van der Waals surface area contributed by atoms with Gasteiger partial charge in [0.1, 0.15) is 12.6 Å². The molecule has 6 N–H and O–H groups in total. The highest BCUT2D eigenvalue weighted by molar-refractivity contribution is 6.11. The number of pyridine rings is 2. The van der Waals surface area contributed by atoms with Crippen molar-refractivity contribution in [2.75, 3.05) is 18.0 Å². The lowest BCUT2D eigenvalue weighted by molar-refractivity contribution is -0.189. The molecule has 3 atom stereocenters. The number of hydrogen-bond acceptors (Lipinski definition) is 12. The van der Waals surface area contributed by atoms with Crippen molar-refractivity contribution in [3.8, 4) is 11.4 Å². The first-order chi connectivity index (χ1) is 25.0. The maximum absolute atomic E-state index is 14.2. The molecule has 0 aliphatic carbocycles. The van der Waals surface area contributed by atoms with Gasteiger partial charge in [0.2, 0.25) is 11.5 Å². The second-order valence-electron chi connectivity index (χ2n) is 13.5. The topological polar surface area (TPSA) is 222 Å². The fourth-order valence-electron chi connectivity index (χ4n) is 7.24. The number of nitrogens with two attached hydrogens (primary N) is 2. The van der Waals surface area contributed by atoms with E-state index in [4.69, 9.17) is 30.9 Å². The van der Waals surface area contributed by atoms with Crippen molar-refractivity contribution >= 4 is 64.8 Å². The van der Waals surface area contributed by atoms with Crippen LogP contribution in [0.1, 0.15) is 88.3 Å². The van der Waals surface area contributed by atoms with Crippen LogP contribution in [0.3, 0.4) is 0 Å². The number of unbranched alkanes of at least 4 members (excludes halogenated alkanes) is 3. The van der Waals surface area contributed by atoms with Crippen molar-refractivity contribution in [3.05, 3.63) is 51.3 Å². The minimum Gasteiger partial charge on any atom is -0.480 e. The van der Waals surface area contributed by atoms with Crippen molar-refractivity contribution in [2.24, 2.45) is 16.5 Å². The van der Waals surface area contributed by atoms with Gasteiger partial charge in [0.25, 0.3) is 5.56 Å². The minimum absolute atomic E-state index is 0. The maximum atomic E-state index is 14.2. The number of esters is 2. The molecule has 0 bridgehead atoms. The molecule has 3 aliphatic heterocycles. The second kappa shape index (κ2) is 16.4. The number of anilines is 1. The largest absolute Gasteiger partial charge is 0.480 e. The van der Waals surface area contributed by atoms with Crippen molar-refractivity contribution in [1.82, 2.24) is 14.9 Å². The van der Waals surface area contributed by atoms with Crippen LogP contribution in [-0.4, -0.2) is 70.0 Å². The van der Waals surface area contributed by atoms with Crippen molar-refractivity contribution in [1.29, 1.82) is 0 Å². The van der Waals surface area contributed by atoms with Crippen LogP contribution in [0.25, 0.3) is 22.3 Å². The van der Waals surface area contributed by atoms with Gasteiger partial charge in [-0.15, -0.1) is 12.4 Å². The monoisotopic (exact) mass is 751 g/mol. The molecule has 5 heterocycles. The van der Waals surface area contributed by atoms with Crippen LogP contribution in [0.5, 0.6) is 0 Å². The molecule has 3 aliphatic rings. The Morgan fingerprint density at radius 3 is 2.62 bits per heavy atom. The summed E-state index contributed by atoms with van der Waals surface area (Å²) in [5.41, 5.74) is 13.8. The zero-order valence-corrected chi connectivity index (χ0v) is 30.7. The summed E-state index contributed by atoms with van der Waals surface area (Å²) >= 11 is 0. The molecule has 0 saturated heterocycles. The Hall–Kier alpha value is -4.86. The number of fused-ring (bicyclic) bond motifs is 5. The molecule has 0 radical (unpaired) electrons. The van der Waals surface area contributed by atoms with Crippen molar-refractivity contribution < 1.29 is 33.8 Å². The smallest absolute Gasteiger partial charge is 0.355 e. The fraction of sp³-hybridized carbons (Fsp3) is 0.486. The van der Waals surface area contributed by atoms with E-state index >= 15 is 0 Å². The maximum Gasteiger partial charge on any atom is 0.355 e. The van der Waals surface area contributed by atoms with E-state index in [-0.39, 0.29) is 55.1 Å². The summed E-state index contributed by atoms with van der Waals surface area (Å²) in [6.45, 7) is 4.91. The summed E-state index contributed by atoms with van der Waals surface area (Å²) in [6.07, 6.45) is 5.66. The van der Waals surface area contributed by atoms with E-state index in [1.165, 1.54) is 0 Å². The van der Waals surface area contributed by atoms with Crippen LogP contribution in [0.2, 0.25) is 0 Å². The molecule has 16 heteroatoms. The van der Waals surface area contributed by atoms with Gasteiger partial charge >= 0.3 is 17.9 Å². The number of aliphatic imine (C=N–C) groups is 1.